The molecule has 0 unspecified atom stereocenters. The van der Waals surface area contributed by atoms with Gasteiger partial charge in [-0.2, -0.15) is 13.2 Å². The minimum atomic E-state index is -4.68. The summed E-state index contributed by atoms with van der Waals surface area (Å²) in [4.78, 5) is 0. The monoisotopic (exact) mass is 259 g/mol. The van der Waals surface area contributed by atoms with E-state index in [1.807, 2.05) is 0 Å². The predicted octanol–water partition coefficient (Wildman–Crippen LogP) is 2.26. The minimum Gasteiger partial charge on any atom is -0.394 e. The average Bonchev–Trinajstić information content (AvgIpc) is 2.15. The zero-order valence-corrected chi connectivity index (χ0v) is 8.78. The second kappa shape index (κ2) is 5.47. The maximum atomic E-state index is 13.1. The molecular weight excluding hydrogens is 250 g/mol. The Morgan fingerprint density at radius 3 is 2.31 bits per heavy atom. The van der Waals surface area contributed by atoms with Crippen LogP contribution in [0.25, 0.3) is 0 Å². The van der Waals surface area contributed by atoms with Crippen LogP contribution in [0.5, 0.6) is 0 Å². The Morgan fingerprint density at radius 1 is 1.31 bits per heavy atom. The summed E-state index contributed by atoms with van der Waals surface area (Å²) in [6, 6.07) is 1.18. The Kier molecular flexibility index (Phi) is 5.18. The summed E-state index contributed by atoms with van der Waals surface area (Å²) < 4.78 is 50.4. The van der Waals surface area contributed by atoms with Crippen molar-refractivity contribution in [2.24, 2.45) is 5.73 Å². The Balaban J connectivity index is 0.00000225. The zero-order chi connectivity index (χ0) is 11.6. The van der Waals surface area contributed by atoms with Gasteiger partial charge in [-0.25, -0.2) is 4.39 Å². The highest BCUT2D eigenvalue weighted by atomic mass is 35.5. The lowest BCUT2D eigenvalue weighted by Gasteiger charge is -2.17. The van der Waals surface area contributed by atoms with Crippen LogP contribution in [-0.4, -0.2) is 11.7 Å². The molecule has 0 bridgehead atoms. The van der Waals surface area contributed by atoms with Crippen molar-refractivity contribution in [3.8, 4) is 0 Å². The number of benzene rings is 1. The van der Waals surface area contributed by atoms with E-state index in [1.54, 1.807) is 0 Å². The number of alkyl halides is 3. The van der Waals surface area contributed by atoms with Crippen molar-refractivity contribution in [3.63, 3.8) is 0 Å². The predicted molar refractivity (Wildman–Crippen MR) is 52.7 cm³/mol. The Labute approximate surface area is 95.5 Å². The largest absolute Gasteiger partial charge is 0.416 e. The molecule has 16 heavy (non-hydrogen) atoms. The molecule has 0 amide bonds. The number of hydrogen-bond acceptors (Lipinski definition) is 2. The van der Waals surface area contributed by atoms with Crippen LogP contribution in [0.4, 0.5) is 17.6 Å². The maximum absolute atomic E-state index is 13.1. The second-order valence-corrected chi connectivity index (χ2v) is 2.99. The van der Waals surface area contributed by atoms with Gasteiger partial charge in [0.1, 0.15) is 5.82 Å². The maximum Gasteiger partial charge on any atom is 0.416 e. The molecule has 1 rings (SSSR count). The molecule has 0 aliphatic carbocycles. The fourth-order valence-corrected chi connectivity index (χ4v) is 1.25. The van der Waals surface area contributed by atoms with Crippen molar-refractivity contribution in [2.45, 2.75) is 12.2 Å². The van der Waals surface area contributed by atoms with Crippen molar-refractivity contribution in [2.75, 3.05) is 6.61 Å². The number of rotatable bonds is 2. The second-order valence-electron chi connectivity index (χ2n) is 2.99. The van der Waals surface area contributed by atoms with Crippen molar-refractivity contribution in [1.29, 1.82) is 0 Å². The fraction of sp³-hybridized carbons (Fsp3) is 0.333. The van der Waals surface area contributed by atoms with Crippen LogP contribution in [0.3, 0.4) is 0 Å². The highest BCUT2D eigenvalue weighted by molar-refractivity contribution is 5.85. The summed E-state index contributed by atoms with van der Waals surface area (Å²) >= 11 is 0. The minimum absolute atomic E-state index is 0. The van der Waals surface area contributed by atoms with E-state index in [1.165, 1.54) is 0 Å². The normalized spacial score (nSPS) is 13.1. The summed E-state index contributed by atoms with van der Waals surface area (Å²) in [5.74, 6) is -1.06. The standard InChI is InChI=1S/C9H9F4NO.ClH/c10-6-3-1-2-5(9(11,12)13)8(6)7(14)4-15;/h1-3,7,15H,4,14H2;1H/t7-;/m0./s1. The third-order valence-electron chi connectivity index (χ3n) is 1.93. The van der Waals surface area contributed by atoms with Gasteiger partial charge in [0.2, 0.25) is 0 Å². The molecule has 0 aliphatic heterocycles. The molecule has 1 aromatic carbocycles. The summed E-state index contributed by atoms with van der Waals surface area (Å²) in [6.45, 7) is -0.746. The molecule has 92 valence electrons. The molecule has 0 aliphatic rings. The summed E-state index contributed by atoms with van der Waals surface area (Å²) in [7, 11) is 0. The van der Waals surface area contributed by atoms with Crippen molar-refractivity contribution < 1.29 is 22.7 Å². The van der Waals surface area contributed by atoms with Crippen LogP contribution in [0.1, 0.15) is 17.2 Å². The first-order chi connectivity index (χ1) is 6.88. The SMILES string of the molecule is Cl.N[C@@H](CO)c1c(F)cccc1C(F)(F)F. The molecule has 3 N–H and O–H groups in total. The van der Waals surface area contributed by atoms with E-state index >= 15 is 0 Å². The molecule has 0 heterocycles. The smallest absolute Gasteiger partial charge is 0.394 e. The molecule has 0 spiro atoms. The summed E-state index contributed by atoms with van der Waals surface area (Å²) in [5.41, 5.74) is 3.35. The summed E-state index contributed by atoms with van der Waals surface area (Å²) in [5, 5.41) is 8.64. The first-order valence-corrected chi connectivity index (χ1v) is 4.10. The first kappa shape index (κ1) is 15.2. The quantitative estimate of drug-likeness (QED) is 0.801. The third-order valence-corrected chi connectivity index (χ3v) is 1.93. The molecular formula is C9H10ClF4NO. The first-order valence-electron chi connectivity index (χ1n) is 4.10. The van der Waals surface area contributed by atoms with Gasteiger partial charge in [-0.05, 0) is 12.1 Å². The molecule has 0 radical (unpaired) electrons. The van der Waals surface area contributed by atoms with Crippen LogP contribution in [0.15, 0.2) is 18.2 Å². The van der Waals surface area contributed by atoms with Crippen LogP contribution >= 0.6 is 12.4 Å². The van der Waals surface area contributed by atoms with Gasteiger partial charge in [0.15, 0.2) is 0 Å². The van der Waals surface area contributed by atoms with Crippen LogP contribution in [-0.2, 0) is 6.18 Å². The molecule has 1 aromatic rings. The molecule has 1 atom stereocenters. The number of aliphatic hydroxyl groups is 1. The van der Waals surface area contributed by atoms with E-state index in [0.717, 1.165) is 18.2 Å². The van der Waals surface area contributed by atoms with Crippen LogP contribution in [0, 0.1) is 5.82 Å². The topological polar surface area (TPSA) is 46.2 Å². The Hall–Kier alpha value is -0.850. The average molecular weight is 260 g/mol. The molecule has 0 fully saturated rings. The van der Waals surface area contributed by atoms with Crippen molar-refractivity contribution in [3.05, 3.63) is 35.1 Å². The lowest BCUT2D eigenvalue weighted by Crippen LogP contribution is -2.21. The van der Waals surface area contributed by atoms with Crippen molar-refractivity contribution in [1.82, 2.24) is 0 Å². The van der Waals surface area contributed by atoms with Gasteiger partial charge >= 0.3 is 6.18 Å². The highest BCUT2D eigenvalue weighted by Gasteiger charge is 2.35. The van der Waals surface area contributed by atoms with Gasteiger partial charge in [0.05, 0.1) is 18.2 Å². The molecule has 7 heteroatoms. The lowest BCUT2D eigenvalue weighted by molar-refractivity contribution is -0.138. The van der Waals surface area contributed by atoms with Gasteiger partial charge in [-0.1, -0.05) is 6.07 Å². The lowest BCUT2D eigenvalue weighted by atomic mass is 10.0. The number of halogens is 5. The fourth-order valence-electron chi connectivity index (χ4n) is 1.25. The summed E-state index contributed by atoms with van der Waals surface area (Å²) in [6.07, 6.45) is -4.68. The number of aliphatic hydroxyl groups excluding tert-OH is 1. The van der Waals surface area contributed by atoms with Gasteiger partial charge in [0.25, 0.3) is 0 Å². The van der Waals surface area contributed by atoms with Gasteiger partial charge in [0, 0.05) is 5.56 Å². The zero-order valence-electron chi connectivity index (χ0n) is 7.96. The van der Waals surface area contributed by atoms with E-state index in [-0.39, 0.29) is 12.4 Å². The van der Waals surface area contributed by atoms with Crippen molar-refractivity contribution >= 4 is 12.4 Å². The Bertz CT molecular complexity index is 356. The molecule has 0 saturated heterocycles. The van der Waals surface area contributed by atoms with E-state index in [4.69, 9.17) is 10.8 Å². The van der Waals surface area contributed by atoms with Crippen LogP contribution < -0.4 is 5.73 Å². The third kappa shape index (κ3) is 3.07. The molecule has 0 saturated carbocycles. The van der Waals surface area contributed by atoms with Gasteiger partial charge < -0.3 is 10.8 Å². The van der Waals surface area contributed by atoms with E-state index in [0.29, 0.717) is 0 Å². The van der Waals surface area contributed by atoms with E-state index < -0.39 is 35.8 Å². The molecule has 2 nitrogen and oxygen atoms in total. The van der Waals surface area contributed by atoms with E-state index in [2.05, 4.69) is 0 Å². The van der Waals surface area contributed by atoms with Crippen LogP contribution in [0.2, 0.25) is 0 Å². The number of nitrogens with two attached hydrogens (primary N) is 1. The van der Waals surface area contributed by atoms with Gasteiger partial charge in [-0.15, -0.1) is 12.4 Å². The Morgan fingerprint density at radius 2 is 1.88 bits per heavy atom. The number of hydrogen-bond donors (Lipinski definition) is 2. The highest BCUT2D eigenvalue weighted by Crippen LogP contribution is 2.35. The van der Waals surface area contributed by atoms with E-state index in [9.17, 15) is 17.6 Å². The molecule has 0 aromatic heterocycles. The van der Waals surface area contributed by atoms with Gasteiger partial charge in [-0.3, -0.25) is 0 Å².